The molecule has 0 spiro atoms. The van der Waals surface area contributed by atoms with Gasteiger partial charge < -0.3 is 15.1 Å². The van der Waals surface area contributed by atoms with Gasteiger partial charge in [-0.3, -0.25) is 9.59 Å². The summed E-state index contributed by atoms with van der Waals surface area (Å²) in [6, 6.07) is 4.21. The van der Waals surface area contributed by atoms with Crippen LogP contribution >= 0.6 is 0 Å². The molecule has 0 aromatic carbocycles. The molecule has 5 aliphatic rings. The van der Waals surface area contributed by atoms with Crippen molar-refractivity contribution in [3.8, 4) is 0 Å². The van der Waals surface area contributed by atoms with E-state index in [0.29, 0.717) is 43.6 Å². The number of amides is 2. The zero-order valence-electron chi connectivity index (χ0n) is 15.9. The fraction of sp³-hybridized carbons (Fsp3) is 0.727. The van der Waals surface area contributed by atoms with Gasteiger partial charge in [0.15, 0.2) is 0 Å². The Morgan fingerprint density at radius 2 is 1.93 bits per heavy atom. The molecule has 1 atom stereocenters. The molecule has 5 nitrogen and oxygen atoms in total. The number of carbonyl (C=O) groups excluding carboxylic acids is 2. The molecule has 2 heterocycles. The fourth-order valence-electron chi connectivity index (χ4n) is 6.70. The zero-order valence-corrected chi connectivity index (χ0v) is 15.9. The van der Waals surface area contributed by atoms with Crippen LogP contribution in [0.3, 0.4) is 0 Å². The monoisotopic (exact) mass is 370 g/mol. The minimum atomic E-state index is -0.337. The Morgan fingerprint density at radius 3 is 2.52 bits per heavy atom. The zero-order chi connectivity index (χ0) is 18.4. The number of furan rings is 1. The van der Waals surface area contributed by atoms with E-state index in [9.17, 15) is 9.59 Å². The maximum atomic E-state index is 12.8. The fourth-order valence-corrected chi connectivity index (χ4v) is 6.70. The molecule has 4 bridgehead atoms. The van der Waals surface area contributed by atoms with Gasteiger partial charge in [0.1, 0.15) is 5.76 Å². The van der Waals surface area contributed by atoms with Gasteiger partial charge in [-0.1, -0.05) is 0 Å². The minimum absolute atomic E-state index is 0.0861. The van der Waals surface area contributed by atoms with E-state index in [0.717, 1.165) is 24.0 Å². The Balaban J connectivity index is 1.20. The lowest BCUT2D eigenvalue weighted by Gasteiger charge is -2.54. The van der Waals surface area contributed by atoms with Crippen LogP contribution in [0, 0.1) is 23.7 Å². The van der Waals surface area contributed by atoms with E-state index in [4.69, 9.17) is 4.42 Å². The molecule has 5 fully saturated rings. The molecule has 5 heteroatoms. The van der Waals surface area contributed by atoms with Crippen molar-refractivity contribution in [2.24, 2.45) is 23.7 Å². The number of hydrogen-bond acceptors (Lipinski definition) is 3. The first kappa shape index (κ1) is 17.3. The van der Waals surface area contributed by atoms with Crippen LogP contribution in [0.15, 0.2) is 22.8 Å². The molecule has 1 saturated heterocycles. The minimum Gasteiger partial charge on any atom is -0.469 e. The van der Waals surface area contributed by atoms with E-state index in [-0.39, 0.29) is 17.4 Å². The van der Waals surface area contributed by atoms with Crippen molar-refractivity contribution in [1.82, 2.24) is 10.6 Å². The Morgan fingerprint density at radius 1 is 1.19 bits per heavy atom. The maximum Gasteiger partial charge on any atom is 0.220 e. The van der Waals surface area contributed by atoms with E-state index in [1.54, 1.807) is 6.26 Å². The second-order valence-electron chi connectivity index (χ2n) is 9.61. The molecule has 2 N–H and O–H groups in total. The number of hydrogen-bond donors (Lipinski definition) is 2. The van der Waals surface area contributed by atoms with Crippen LogP contribution in [0.5, 0.6) is 0 Å². The third-order valence-electron chi connectivity index (χ3n) is 7.71. The molecule has 4 aliphatic carbocycles. The largest absolute Gasteiger partial charge is 0.469 e. The average Bonchev–Trinajstić information content (AvgIpc) is 3.26. The molecule has 4 saturated carbocycles. The molecular weight excluding hydrogens is 340 g/mol. The third kappa shape index (κ3) is 3.41. The Hall–Kier alpha value is -1.78. The van der Waals surface area contributed by atoms with Crippen molar-refractivity contribution in [2.45, 2.75) is 75.8 Å². The highest BCUT2D eigenvalue weighted by Gasteiger charge is 2.48. The summed E-state index contributed by atoms with van der Waals surface area (Å²) in [5.41, 5.74) is -0.337. The van der Waals surface area contributed by atoms with Gasteiger partial charge in [-0.2, -0.15) is 0 Å². The molecule has 1 aliphatic heterocycles. The van der Waals surface area contributed by atoms with Gasteiger partial charge >= 0.3 is 0 Å². The second-order valence-corrected chi connectivity index (χ2v) is 9.61. The Kier molecular flexibility index (Phi) is 4.29. The van der Waals surface area contributed by atoms with Gasteiger partial charge in [0, 0.05) is 30.8 Å². The first-order chi connectivity index (χ1) is 13.1. The molecule has 1 aromatic heterocycles. The van der Waals surface area contributed by atoms with Gasteiger partial charge in [-0.05, 0) is 80.8 Å². The molecule has 1 aromatic rings. The second kappa shape index (κ2) is 6.68. The summed E-state index contributed by atoms with van der Waals surface area (Å²) in [4.78, 5) is 24.6. The van der Waals surface area contributed by atoms with Crippen LogP contribution in [-0.2, 0) is 16.0 Å². The van der Waals surface area contributed by atoms with Crippen LogP contribution in [0.25, 0.3) is 0 Å². The number of rotatable bonds is 6. The standard InChI is InChI=1S/C22H30N2O3/c25-19(23-21-16-9-14-8-15(11-16)12-17(21)10-14)3-5-22(6-4-20(26)24-22)13-18-2-1-7-27-18/h1-2,7,14-17,21H,3-6,8-13H2,(H,23,25)(H,24,26). The van der Waals surface area contributed by atoms with Gasteiger partial charge in [0.05, 0.1) is 6.26 Å². The van der Waals surface area contributed by atoms with Crippen molar-refractivity contribution in [3.05, 3.63) is 24.2 Å². The summed E-state index contributed by atoms with van der Waals surface area (Å²) in [6.07, 6.45) is 11.5. The van der Waals surface area contributed by atoms with Gasteiger partial charge in [0.2, 0.25) is 11.8 Å². The lowest BCUT2D eigenvalue weighted by molar-refractivity contribution is -0.126. The molecule has 1 unspecified atom stereocenters. The Labute approximate surface area is 160 Å². The van der Waals surface area contributed by atoms with E-state index >= 15 is 0 Å². The van der Waals surface area contributed by atoms with Gasteiger partial charge in [0.25, 0.3) is 0 Å². The SMILES string of the molecule is O=C(CCC1(Cc2ccco2)CCC(=O)N1)NC1C2CC3CC(C2)CC1C3. The van der Waals surface area contributed by atoms with Crippen LogP contribution in [0.1, 0.15) is 63.5 Å². The summed E-state index contributed by atoms with van der Waals surface area (Å²) >= 11 is 0. The van der Waals surface area contributed by atoms with Crippen molar-refractivity contribution >= 4 is 11.8 Å². The summed E-state index contributed by atoms with van der Waals surface area (Å²) in [5.74, 6) is 4.37. The molecule has 27 heavy (non-hydrogen) atoms. The lowest BCUT2D eigenvalue weighted by Crippen LogP contribution is -2.56. The first-order valence-electron chi connectivity index (χ1n) is 10.7. The number of carbonyl (C=O) groups is 2. The van der Waals surface area contributed by atoms with Crippen LogP contribution in [0.4, 0.5) is 0 Å². The number of nitrogens with one attached hydrogen (secondary N) is 2. The predicted octanol–water partition coefficient (Wildman–Crippen LogP) is 3.19. The van der Waals surface area contributed by atoms with Gasteiger partial charge in [-0.25, -0.2) is 0 Å². The molecule has 0 radical (unpaired) electrons. The first-order valence-corrected chi connectivity index (χ1v) is 10.7. The van der Waals surface area contributed by atoms with E-state index in [2.05, 4.69) is 10.6 Å². The van der Waals surface area contributed by atoms with Crippen molar-refractivity contribution < 1.29 is 14.0 Å². The lowest BCUT2D eigenvalue weighted by atomic mass is 9.54. The summed E-state index contributed by atoms with van der Waals surface area (Å²) in [6.45, 7) is 0. The van der Waals surface area contributed by atoms with Gasteiger partial charge in [-0.15, -0.1) is 0 Å². The van der Waals surface area contributed by atoms with Crippen LogP contribution < -0.4 is 10.6 Å². The summed E-state index contributed by atoms with van der Waals surface area (Å²) in [7, 11) is 0. The molecule has 146 valence electrons. The summed E-state index contributed by atoms with van der Waals surface area (Å²) < 4.78 is 5.50. The van der Waals surface area contributed by atoms with Crippen molar-refractivity contribution in [3.63, 3.8) is 0 Å². The normalized spacial score (nSPS) is 39.6. The maximum absolute atomic E-state index is 12.8. The quantitative estimate of drug-likeness (QED) is 0.808. The van der Waals surface area contributed by atoms with E-state index in [1.165, 1.54) is 32.1 Å². The third-order valence-corrected chi connectivity index (χ3v) is 7.71. The topological polar surface area (TPSA) is 71.3 Å². The van der Waals surface area contributed by atoms with E-state index < -0.39 is 0 Å². The van der Waals surface area contributed by atoms with Crippen molar-refractivity contribution in [1.29, 1.82) is 0 Å². The van der Waals surface area contributed by atoms with Crippen molar-refractivity contribution in [2.75, 3.05) is 0 Å². The predicted molar refractivity (Wildman–Crippen MR) is 101 cm³/mol. The average molecular weight is 370 g/mol. The van der Waals surface area contributed by atoms with E-state index in [1.807, 2.05) is 12.1 Å². The Bertz CT molecular complexity index is 685. The highest BCUT2D eigenvalue weighted by Crippen LogP contribution is 2.53. The molecule has 2 amide bonds. The highest BCUT2D eigenvalue weighted by atomic mass is 16.3. The molecule has 6 rings (SSSR count). The molecular formula is C22H30N2O3. The highest BCUT2D eigenvalue weighted by molar-refractivity contribution is 5.80. The summed E-state index contributed by atoms with van der Waals surface area (Å²) in [5, 5.41) is 6.54. The van der Waals surface area contributed by atoms with Crippen LogP contribution in [-0.4, -0.2) is 23.4 Å². The smallest absolute Gasteiger partial charge is 0.220 e. The van der Waals surface area contributed by atoms with Crippen LogP contribution in [0.2, 0.25) is 0 Å².